The summed E-state index contributed by atoms with van der Waals surface area (Å²) in [6, 6.07) is 7.58. The van der Waals surface area contributed by atoms with Crippen LogP contribution in [0.15, 0.2) is 28.7 Å². The zero-order valence-corrected chi connectivity index (χ0v) is 12.8. The summed E-state index contributed by atoms with van der Waals surface area (Å²) in [4.78, 5) is 0.188. The highest BCUT2D eigenvalue weighted by Gasteiger charge is 2.18. The Balaban J connectivity index is 2.15. The monoisotopic (exact) mass is 293 g/mol. The van der Waals surface area contributed by atoms with Crippen LogP contribution in [0.3, 0.4) is 0 Å². The lowest BCUT2D eigenvalue weighted by Crippen LogP contribution is -2.22. The van der Waals surface area contributed by atoms with Crippen molar-refractivity contribution in [1.82, 2.24) is 0 Å². The maximum atomic E-state index is 5.76. The molecule has 2 rings (SSSR count). The van der Waals surface area contributed by atoms with Crippen LogP contribution in [-0.4, -0.2) is 23.8 Å². The van der Waals surface area contributed by atoms with Crippen molar-refractivity contribution in [2.24, 2.45) is 5.73 Å². The highest BCUT2D eigenvalue weighted by atomic mass is 32.1. The second-order valence-electron chi connectivity index (χ2n) is 5.43. The normalized spacial score (nSPS) is 11.8. The molecule has 1 aromatic heterocycles. The number of furan rings is 1. The van der Waals surface area contributed by atoms with Gasteiger partial charge in [0.25, 0.3) is 0 Å². The van der Waals surface area contributed by atoms with Crippen molar-refractivity contribution in [2.75, 3.05) is 13.2 Å². The van der Waals surface area contributed by atoms with Crippen molar-refractivity contribution in [1.29, 1.82) is 0 Å². The van der Waals surface area contributed by atoms with Crippen LogP contribution >= 0.6 is 12.2 Å². The molecule has 0 amide bonds. The van der Waals surface area contributed by atoms with Gasteiger partial charge in [-0.1, -0.05) is 24.4 Å². The largest absolute Gasteiger partial charge is 0.486 e. The standard InChI is InChI=1S/C15H19NO3S/c1-15(2,3)18-9-8-17-12-10-6-4-5-7-11(10)19-13(12)14(16)20/h4-7H,8-9H2,1-3H3,(H2,16,20). The van der Waals surface area contributed by atoms with Crippen LogP contribution in [0.2, 0.25) is 0 Å². The van der Waals surface area contributed by atoms with Crippen LogP contribution < -0.4 is 10.5 Å². The van der Waals surface area contributed by atoms with Crippen molar-refractivity contribution >= 4 is 28.2 Å². The van der Waals surface area contributed by atoms with E-state index in [1.165, 1.54) is 0 Å². The van der Waals surface area contributed by atoms with Gasteiger partial charge in [0.2, 0.25) is 5.76 Å². The van der Waals surface area contributed by atoms with Gasteiger partial charge in [0, 0.05) is 0 Å². The molecule has 0 bridgehead atoms. The van der Waals surface area contributed by atoms with Crippen molar-refractivity contribution in [2.45, 2.75) is 26.4 Å². The van der Waals surface area contributed by atoms with E-state index in [1.807, 2.05) is 45.0 Å². The molecule has 0 aliphatic carbocycles. The fraction of sp³-hybridized carbons (Fsp3) is 0.400. The molecule has 0 unspecified atom stereocenters. The number of hydrogen-bond donors (Lipinski definition) is 1. The minimum atomic E-state index is -0.187. The van der Waals surface area contributed by atoms with Gasteiger partial charge in [-0.3, -0.25) is 0 Å². The summed E-state index contributed by atoms with van der Waals surface area (Å²) < 4.78 is 17.0. The average Bonchev–Trinajstić information content (AvgIpc) is 2.72. The molecule has 0 fully saturated rings. The Morgan fingerprint density at radius 3 is 2.60 bits per heavy atom. The third kappa shape index (κ3) is 3.49. The van der Waals surface area contributed by atoms with Gasteiger partial charge in [-0.25, -0.2) is 0 Å². The van der Waals surface area contributed by atoms with E-state index in [2.05, 4.69) is 0 Å². The lowest BCUT2D eigenvalue weighted by molar-refractivity contribution is -0.0162. The minimum absolute atomic E-state index is 0.187. The molecule has 0 aliphatic rings. The number of benzene rings is 1. The molecule has 1 aromatic carbocycles. The number of fused-ring (bicyclic) bond motifs is 1. The van der Waals surface area contributed by atoms with E-state index in [1.54, 1.807) is 0 Å². The molecule has 0 radical (unpaired) electrons. The Hall–Kier alpha value is -1.59. The minimum Gasteiger partial charge on any atom is -0.486 e. The van der Waals surface area contributed by atoms with Gasteiger partial charge < -0.3 is 19.6 Å². The SMILES string of the molecule is CC(C)(C)OCCOc1c(C(N)=S)oc2ccccc12. The molecule has 20 heavy (non-hydrogen) atoms. The molecule has 0 saturated heterocycles. The highest BCUT2D eigenvalue weighted by molar-refractivity contribution is 7.80. The number of ether oxygens (including phenoxy) is 2. The number of nitrogens with two attached hydrogens (primary N) is 1. The zero-order chi connectivity index (χ0) is 14.8. The summed E-state index contributed by atoms with van der Waals surface area (Å²) in [6.45, 7) is 6.90. The average molecular weight is 293 g/mol. The topological polar surface area (TPSA) is 57.6 Å². The third-order valence-electron chi connectivity index (χ3n) is 2.64. The van der Waals surface area contributed by atoms with E-state index in [4.69, 9.17) is 31.8 Å². The fourth-order valence-electron chi connectivity index (χ4n) is 1.82. The molecule has 0 saturated carbocycles. The lowest BCUT2D eigenvalue weighted by Gasteiger charge is -2.19. The Bertz CT molecular complexity index is 613. The number of para-hydroxylation sites is 1. The molecular formula is C15H19NO3S. The molecular weight excluding hydrogens is 274 g/mol. The van der Waals surface area contributed by atoms with Crippen LogP contribution in [0.1, 0.15) is 26.5 Å². The van der Waals surface area contributed by atoms with E-state index in [0.29, 0.717) is 30.3 Å². The van der Waals surface area contributed by atoms with Crippen molar-refractivity contribution in [3.8, 4) is 5.75 Å². The second kappa shape index (κ2) is 5.81. The Morgan fingerprint density at radius 2 is 1.95 bits per heavy atom. The summed E-state index contributed by atoms with van der Waals surface area (Å²) in [5.41, 5.74) is 6.20. The summed E-state index contributed by atoms with van der Waals surface area (Å²) in [6.07, 6.45) is 0. The smallest absolute Gasteiger partial charge is 0.204 e. The predicted molar refractivity (Wildman–Crippen MR) is 83.3 cm³/mol. The van der Waals surface area contributed by atoms with Crippen LogP contribution in [0, 0.1) is 0 Å². The van der Waals surface area contributed by atoms with E-state index in [0.717, 1.165) is 5.39 Å². The van der Waals surface area contributed by atoms with Gasteiger partial charge in [0.05, 0.1) is 17.6 Å². The molecule has 4 nitrogen and oxygen atoms in total. The maximum absolute atomic E-state index is 5.76. The van der Waals surface area contributed by atoms with E-state index < -0.39 is 0 Å². The van der Waals surface area contributed by atoms with Crippen molar-refractivity contribution in [3.05, 3.63) is 30.0 Å². The summed E-state index contributed by atoms with van der Waals surface area (Å²) in [5, 5.41) is 0.867. The lowest BCUT2D eigenvalue weighted by atomic mass is 10.2. The first kappa shape index (κ1) is 14.8. The van der Waals surface area contributed by atoms with E-state index >= 15 is 0 Å². The second-order valence-corrected chi connectivity index (χ2v) is 5.87. The number of rotatable bonds is 5. The van der Waals surface area contributed by atoms with Crippen molar-refractivity contribution in [3.63, 3.8) is 0 Å². The third-order valence-corrected chi connectivity index (χ3v) is 2.82. The molecule has 0 aliphatic heterocycles. The highest BCUT2D eigenvalue weighted by Crippen LogP contribution is 2.32. The van der Waals surface area contributed by atoms with E-state index in [9.17, 15) is 0 Å². The Morgan fingerprint density at radius 1 is 1.25 bits per heavy atom. The molecule has 2 aromatic rings. The first-order chi connectivity index (χ1) is 9.38. The molecule has 0 atom stereocenters. The number of hydrogen-bond acceptors (Lipinski definition) is 4. The van der Waals surface area contributed by atoms with Gasteiger partial charge in [-0.2, -0.15) is 0 Å². The summed E-state index contributed by atoms with van der Waals surface area (Å²) in [7, 11) is 0. The Labute approximate surface area is 123 Å². The van der Waals surface area contributed by atoms with Crippen molar-refractivity contribution < 1.29 is 13.9 Å². The number of thiocarbonyl (C=S) groups is 1. The molecule has 108 valence electrons. The van der Waals surface area contributed by atoms with Gasteiger partial charge in [-0.15, -0.1) is 0 Å². The van der Waals surface area contributed by atoms with E-state index in [-0.39, 0.29) is 10.6 Å². The van der Waals surface area contributed by atoms with Crippen LogP contribution in [0.5, 0.6) is 5.75 Å². The van der Waals surface area contributed by atoms with Gasteiger partial charge in [0.15, 0.2) is 5.75 Å². The van der Waals surface area contributed by atoms with Crippen LogP contribution in [0.4, 0.5) is 0 Å². The molecule has 2 N–H and O–H groups in total. The predicted octanol–water partition coefficient (Wildman–Crippen LogP) is 3.26. The Kier molecular flexibility index (Phi) is 4.30. The molecule has 5 heteroatoms. The molecule has 1 heterocycles. The maximum Gasteiger partial charge on any atom is 0.204 e. The van der Waals surface area contributed by atoms with Crippen LogP contribution in [-0.2, 0) is 4.74 Å². The van der Waals surface area contributed by atoms with Gasteiger partial charge >= 0.3 is 0 Å². The van der Waals surface area contributed by atoms with Gasteiger partial charge in [0.1, 0.15) is 17.2 Å². The van der Waals surface area contributed by atoms with Gasteiger partial charge in [-0.05, 0) is 32.9 Å². The summed E-state index contributed by atoms with van der Waals surface area (Å²) >= 11 is 5.00. The quantitative estimate of drug-likeness (QED) is 0.677. The summed E-state index contributed by atoms with van der Waals surface area (Å²) in [5.74, 6) is 1.00. The molecule has 0 spiro atoms. The fourth-order valence-corrected chi connectivity index (χ4v) is 1.95. The zero-order valence-electron chi connectivity index (χ0n) is 11.9. The first-order valence-electron chi connectivity index (χ1n) is 6.46. The van der Waals surface area contributed by atoms with Crippen LogP contribution in [0.25, 0.3) is 11.0 Å². The first-order valence-corrected chi connectivity index (χ1v) is 6.87.